The third-order valence-electron chi connectivity index (χ3n) is 1.29. The molecule has 1 aromatic rings. The molecule has 1 aromatic heterocycles. The zero-order chi connectivity index (χ0) is 9.68. The summed E-state index contributed by atoms with van der Waals surface area (Å²) >= 11 is 0. The molecule has 0 aliphatic carbocycles. The van der Waals surface area contributed by atoms with E-state index < -0.39 is 5.97 Å². The first-order valence-electron chi connectivity index (χ1n) is 3.62. The minimum Gasteiger partial charge on any atom is -0.464 e. The number of ether oxygens (including phenoxy) is 1. The summed E-state index contributed by atoms with van der Waals surface area (Å²) in [5.41, 5.74) is 3.01. The van der Waals surface area contributed by atoms with Crippen LogP contribution < -0.4 is 0 Å². The van der Waals surface area contributed by atoms with E-state index in [1.54, 1.807) is 0 Å². The molecule has 0 fully saturated rings. The lowest BCUT2D eigenvalue weighted by molar-refractivity contribution is 0.0593. The van der Waals surface area contributed by atoms with Crippen LogP contribution in [0.5, 0.6) is 0 Å². The molecule has 0 radical (unpaired) electrons. The zero-order valence-corrected chi connectivity index (χ0v) is 9.37. The van der Waals surface area contributed by atoms with E-state index in [0.29, 0.717) is 5.82 Å². The minimum absolute atomic E-state index is 0.233. The molecule has 13 heavy (non-hydrogen) atoms. The number of carbonyl (C=O) groups is 1. The van der Waals surface area contributed by atoms with Crippen molar-refractivity contribution < 1.29 is 9.53 Å². The third-order valence-corrected chi connectivity index (χ3v) is 1.54. The van der Waals surface area contributed by atoms with Crippen LogP contribution in [0, 0.1) is 11.5 Å². The lowest BCUT2D eigenvalue weighted by Gasteiger charge is -1.96. The summed E-state index contributed by atoms with van der Waals surface area (Å²) in [6.07, 6.45) is 1.49. The summed E-state index contributed by atoms with van der Waals surface area (Å²) in [4.78, 5) is 18.8. The quantitative estimate of drug-likeness (QED) is 0.323. The summed E-state index contributed by atoms with van der Waals surface area (Å²) in [6.45, 7) is 0. The molecule has 0 saturated heterocycles. The Bertz CT molecular complexity index is 381. The molecule has 4 nitrogen and oxygen atoms in total. The van der Waals surface area contributed by atoms with E-state index in [1.165, 1.54) is 19.4 Å². The van der Waals surface area contributed by atoms with Crippen molar-refractivity contribution in [2.75, 3.05) is 7.11 Å². The van der Waals surface area contributed by atoms with Gasteiger partial charge in [0.2, 0.25) is 5.82 Å². The van der Waals surface area contributed by atoms with Crippen LogP contribution in [0.3, 0.4) is 0 Å². The van der Waals surface area contributed by atoms with Crippen molar-refractivity contribution in [1.82, 2.24) is 9.97 Å². The van der Waals surface area contributed by atoms with Crippen molar-refractivity contribution >= 4 is 16.2 Å². The molecular formula is C8H8N2O2Si. The molecule has 0 aliphatic rings. The van der Waals surface area contributed by atoms with Gasteiger partial charge in [-0.2, -0.15) is 0 Å². The molecular weight excluding hydrogens is 184 g/mol. The maximum Gasteiger partial charge on any atom is 0.356 e. The smallest absolute Gasteiger partial charge is 0.356 e. The zero-order valence-electron chi connectivity index (χ0n) is 7.37. The van der Waals surface area contributed by atoms with Crippen LogP contribution in [-0.4, -0.2) is 33.3 Å². The summed E-state index contributed by atoms with van der Waals surface area (Å²) in [5, 5.41) is 0. The molecule has 0 aliphatic heterocycles. The molecule has 0 bridgehead atoms. The predicted molar refractivity (Wildman–Crippen MR) is 50.2 cm³/mol. The second-order valence-electron chi connectivity index (χ2n) is 2.13. The maximum absolute atomic E-state index is 11.0. The Morgan fingerprint density at radius 2 is 2.46 bits per heavy atom. The number of hydrogen-bond donors (Lipinski definition) is 0. The monoisotopic (exact) mass is 192 g/mol. The lowest BCUT2D eigenvalue weighted by Crippen LogP contribution is -2.05. The Labute approximate surface area is 78.8 Å². The van der Waals surface area contributed by atoms with Gasteiger partial charge in [-0.1, -0.05) is 0 Å². The minimum atomic E-state index is -0.473. The van der Waals surface area contributed by atoms with Crippen molar-refractivity contribution in [3.05, 3.63) is 23.8 Å². The highest BCUT2D eigenvalue weighted by molar-refractivity contribution is 6.22. The molecule has 66 valence electrons. The van der Waals surface area contributed by atoms with Crippen LogP contribution >= 0.6 is 0 Å². The summed E-state index contributed by atoms with van der Waals surface area (Å²) in [5.74, 6) is 2.59. The van der Waals surface area contributed by atoms with Crippen molar-refractivity contribution in [3.63, 3.8) is 0 Å². The average molecular weight is 192 g/mol. The fraction of sp³-hybridized carbons (Fsp3) is 0.125. The Morgan fingerprint density at radius 3 is 3.08 bits per heavy atom. The molecule has 1 rings (SSSR count). The molecule has 0 amide bonds. The van der Waals surface area contributed by atoms with Crippen molar-refractivity contribution in [1.29, 1.82) is 0 Å². The van der Waals surface area contributed by atoms with E-state index in [-0.39, 0.29) is 5.69 Å². The largest absolute Gasteiger partial charge is 0.464 e. The van der Waals surface area contributed by atoms with E-state index >= 15 is 0 Å². The van der Waals surface area contributed by atoms with E-state index in [9.17, 15) is 4.79 Å². The van der Waals surface area contributed by atoms with E-state index in [2.05, 4.69) is 26.2 Å². The number of esters is 1. The molecule has 0 unspecified atom stereocenters. The van der Waals surface area contributed by atoms with E-state index in [4.69, 9.17) is 0 Å². The molecule has 0 aromatic carbocycles. The molecule has 0 saturated carbocycles. The van der Waals surface area contributed by atoms with Crippen LogP contribution in [0.1, 0.15) is 16.3 Å². The van der Waals surface area contributed by atoms with Gasteiger partial charge in [-0.15, -0.1) is 5.54 Å². The fourth-order valence-corrected chi connectivity index (χ4v) is 0.973. The van der Waals surface area contributed by atoms with Crippen molar-refractivity contribution in [2.45, 2.75) is 0 Å². The Hall–Kier alpha value is -1.67. The van der Waals surface area contributed by atoms with Crippen molar-refractivity contribution in [3.8, 4) is 11.5 Å². The van der Waals surface area contributed by atoms with Crippen LogP contribution in [0.25, 0.3) is 0 Å². The second kappa shape index (κ2) is 4.38. The topological polar surface area (TPSA) is 52.1 Å². The molecule has 0 atom stereocenters. The lowest BCUT2D eigenvalue weighted by atomic mass is 10.4. The highest BCUT2D eigenvalue weighted by Gasteiger charge is 2.06. The van der Waals surface area contributed by atoms with E-state index in [1.807, 2.05) is 0 Å². The highest BCUT2D eigenvalue weighted by atomic mass is 28.1. The van der Waals surface area contributed by atoms with Crippen LogP contribution in [0.15, 0.2) is 12.3 Å². The normalized spacial score (nSPS) is 8.69. The number of aromatic nitrogens is 2. The number of hydrogen-bond acceptors (Lipinski definition) is 4. The second-order valence-corrected chi connectivity index (χ2v) is 2.63. The van der Waals surface area contributed by atoms with Crippen LogP contribution in [0.4, 0.5) is 0 Å². The van der Waals surface area contributed by atoms with Crippen LogP contribution in [0.2, 0.25) is 0 Å². The predicted octanol–water partition coefficient (Wildman–Crippen LogP) is -1.06. The van der Waals surface area contributed by atoms with Gasteiger partial charge in [0.05, 0.1) is 17.4 Å². The standard InChI is InChI=1S/C8H8N2O2Si/c1-12-8(11)6-2-4-9-7(10-6)3-5-13/h2,4H,1,13H3. The van der Waals surface area contributed by atoms with Gasteiger partial charge in [0.25, 0.3) is 0 Å². The summed E-state index contributed by atoms with van der Waals surface area (Å²) in [6, 6.07) is 1.49. The van der Waals surface area contributed by atoms with Crippen LogP contribution in [-0.2, 0) is 4.74 Å². The van der Waals surface area contributed by atoms with Gasteiger partial charge in [0.15, 0.2) is 5.69 Å². The Balaban J connectivity index is 3.02. The van der Waals surface area contributed by atoms with Crippen molar-refractivity contribution in [2.24, 2.45) is 0 Å². The molecule has 0 N–H and O–H groups in total. The first kappa shape index (κ1) is 9.42. The Kier molecular flexibility index (Phi) is 3.17. The first-order chi connectivity index (χ1) is 6.27. The van der Waals surface area contributed by atoms with Gasteiger partial charge >= 0.3 is 5.97 Å². The number of rotatable bonds is 1. The molecule has 0 spiro atoms. The number of methoxy groups -OCH3 is 1. The number of nitrogens with zero attached hydrogens (tertiary/aromatic N) is 2. The fourth-order valence-electron chi connectivity index (χ4n) is 0.749. The SMILES string of the molecule is COC(=O)c1ccnc(C#C[SiH3])n1. The van der Waals surface area contributed by atoms with Gasteiger partial charge in [-0.25, -0.2) is 14.8 Å². The summed E-state index contributed by atoms with van der Waals surface area (Å²) < 4.78 is 4.50. The Morgan fingerprint density at radius 1 is 1.69 bits per heavy atom. The highest BCUT2D eigenvalue weighted by Crippen LogP contribution is 1.96. The number of carbonyl (C=O) groups excluding carboxylic acids is 1. The van der Waals surface area contributed by atoms with Gasteiger partial charge in [-0.05, 0) is 12.0 Å². The maximum atomic E-state index is 11.0. The molecule has 5 heteroatoms. The third kappa shape index (κ3) is 2.39. The average Bonchev–Trinajstić information content (AvgIpc) is 2.18. The van der Waals surface area contributed by atoms with Gasteiger partial charge < -0.3 is 4.74 Å². The molecule has 1 heterocycles. The van der Waals surface area contributed by atoms with Gasteiger partial charge in [0, 0.05) is 6.20 Å². The van der Waals surface area contributed by atoms with Gasteiger partial charge in [-0.3, -0.25) is 0 Å². The van der Waals surface area contributed by atoms with Gasteiger partial charge in [0.1, 0.15) is 0 Å². The van der Waals surface area contributed by atoms with E-state index in [0.717, 1.165) is 10.2 Å². The first-order valence-corrected chi connectivity index (χ1v) is 4.62. The summed E-state index contributed by atoms with van der Waals surface area (Å²) in [7, 11) is 2.07.